The van der Waals surface area contributed by atoms with Crippen LogP contribution in [0.25, 0.3) is 0 Å². The van der Waals surface area contributed by atoms with Gasteiger partial charge in [-0.1, -0.05) is 0 Å². The predicted molar refractivity (Wildman–Crippen MR) is 55.8 cm³/mol. The Labute approximate surface area is 97.6 Å². The third-order valence-electron chi connectivity index (χ3n) is 1.62. The van der Waals surface area contributed by atoms with Crippen molar-refractivity contribution >= 4 is 28.4 Å². The van der Waals surface area contributed by atoms with Crippen LogP contribution in [0, 0.1) is 9.39 Å². The lowest BCUT2D eigenvalue weighted by Crippen LogP contribution is -2.09. The second kappa shape index (κ2) is 4.82. The fourth-order valence-corrected chi connectivity index (χ4v) is 1.64. The minimum absolute atomic E-state index is 0.263. The van der Waals surface area contributed by atoms with E-state index < -0.39 is 29.5 Å². The van der Waals surface area contributed by atoms with E-state index in [9.17, 15) is 18.0 Å². The van der Waals surface area contributed by atoms with Crippen LogP contribution in [0.4, 0.5) is 13.2 Å². The second-order valence-electron chi connectivity index (χ2n) is 2.67. The minimum atomic E-state index is -3.08. The molecule has 0 saturated carbocycles. The van der Waals surface area contributed by atoms with Crippen molar-refractivity contribution in [2.75, 3.05) is 0 Å². The van der Waals surface area contributed by atoms with E-state index in [4.69, 9.17) is 0 Å². The average molecular weight is 330 g/mol. The van der Waals surface area contributed by atoms with Gasteiger partial charge in [-0.3, -0.25) is 4.79 Å². The molecule has 1 rings (SSSR count). The van der Waals surface area contributed by atoms with Crippen LogP contribution >= 0.6 is 22.6 Å². The number of halogens is 4. The second-order valence-corrected chi connectivity index (χ2v) is 3.83. The van der Waals surface area contributed by atoms with Crippen molar-refractivity contribution in [3.05, 3.63) is 27.1 Å². The first-order valence-electron chi connectivity index (χ1n) is 3.87. The first-order chi connectivity index (χ1) is 6.93. The smallest absolute Gasteiger partial charge is 0.387 e. The number of ether oxygens (including phenoxy) is 1. The molecule has 0 aliphatic rings. The van der Waals surface area contributed by atoms with E-state index in [-0.39, 0.29) is 3.57 Å². The summed E-state index contributed by atoms with van der Waals surface area (Å²) in [4.78, 5) is 11.1. The van der Waals surface area contributed by atoms with E-state index in [1.807, 2.05) is 0 Å². The van der Waals surface area contributed by atoms with E-state index >= 15 is 0 Å². The molecule has 1 aromatic carbocycles. The Bertz CT molecular complexity index is 393. The zero-order valence-corrected chi connectivity index (χ0v) is 9.72. The summed E-state index contributed by atoms with van der Waals surface area (Å²) < 4.78 is 41.6. The Morgan fingerprint density at radius 2 is 2.07 bits per heavy atom. The average Bonchev–Trinajstić information content (AvgIpc) is 2.10. The third-order valence-corrected chi connectivity index (χ3v) is 2.47. The van der Waals surface area contributed by atoms with Crippen molar-refractivity contribution in [1.29, 1.82) is 0 Å². The van der Waals surface area contributed by atoms with E-state index in [0.717, 1.165) is 13.0 Å². The highest BCUT2D eigenvalue weighted by molar-refractivity contribution is 14.1. The molecule has 0 aliphatic carbocycles. The van der Waals surface area contributed by atoms with Gasteiger partial charge in [0.25, 0.3) is 0 Å². The summed E-state index contributed by atoms with van der Waals surface area (Å²) in [5, 5.41) is 0. The van der Waals surface area contributed by atoms with Crippen LogP contribution in [0.1, 0.15) is 17.3 Å². The largest absolute Gasteiger partial charge is 0.433 e. The molecule has 6 heteroatoms. The van der Waals surface area contributed by atoms with Gasteiger partial charge in [-0.15, -0.1) is 0 Å². The molecule has 0 unspecified atom stereocenters. The fraction of sp³-hybridized carbons (Fsp3) is 0.222. The lowest BCUT2D eigenvalue weighted by atomic mass is 10.1. The Kier molecular flexibility index (Phi) is 3.95. The van der Waals surface area contributed by atoms with Crippen LogP contribution in [0.3, 0.4) is 0 Å². The highest BCUT2D eigenvalue weighted by atomic mass is 127. The van der Waals surface area contributed by atoms with Gasteiger partial charge in [-0.05, 0) is 41.6 Å². The summed E-state index contributed by atoms with van der Waals surface area (Å²) in [6, 6.07) is 2.30. The number of hydrogen-bond acceptors (Lipinski definition) is 2. The van der Waals surface area contributed by atoms with E-state index in [1.54, 1.807) is 22.6 Å². The van der Waals surface area contributed by atoms with Crippen molar-refractivity contribution in [2.24, 2.45) is 0 Å². The number of rotatable bonds is 3. The van der Waals surface area contributed by atoms with Crippen molar-refractivity contribution < 1.29 is 22.7 Å². The zero-order chi connectivity index (χ0) is 11.6. The summed E-state index contributed by atoms with van der Waals surface area (Å²) in [7, 11) is 0. The molecule has 0 aromatic heterocycles. The molecule has 0 saturated heterocycles. The topological polar surface area (TPSA) is 26.3 Å². The maximum absolute atomic E-state index is 13.2. The molecule has 0 radical (unpaired) electrons. The summed E-state index contributed by atoms with van der Waals surface area (Å²) >= 11 is 1.69. The molecule has 2 nitrogen and oxygen atoms in total. The number of alkyl halides is 2. The molecule has 0 heterocycles. The molecule has 15 heavy (non-hydrogen) atoms. The first-order valence-corrected chi connectivity index (χ1v) is 4.95. The highest BCUT2D eigenvalue weighted by Crippen LogP contribution is 2.29. The fourth-order valence-electron chi connectivity index (χ4n) is 1.07. The SMILES string of the molecule is CC(=O)c1c(F)ccc(I)c1OC(F)F. The summed E-state index contributed by atoms with van der Waals surface area (Å²) in [5.74, 6) is -1.92. The van der Waals surface area contributed by atoms with Gasteiger partial charge in [-0.2, -0.15) is 8.78 Å². The van der Waals surface area contributed by atoms with Gasteiger partial charge in [0, 0.05) is 0 Å². The molecule has 1 aromatic rings. The number of benzene rings is 1. The van der Waals surface area contributed by atoms with Crippen LogP contribution in [0.5, 0.6) is 5.75 Å². The zero-order valence-electron chi connectivity index (χ0n) is 7.56. The quantitative estimate of drug-likeness (QED) is 0.628. The van der Waals surface area contributed by atoms with Gasteiger partial charge in [0.1, 0.15) is 5.82 Å². The van der Waals surface area contributed by atoms with Crippen LogP contribution < -0.4 is 4.74 Å². The molecule has 0 amide bonds. The number of carbonyl (C=O) groups excluding carboxylic acids is 1. The normalized spacial score (nSPS) is 10.5. The number of hydrogen-bond donors (Lipinski definition) is 0. The summed E-state index contributed by atoms with van der Waals surface area (Å²) in [6.07, 6.45) is 0. The van der Waals surface area contributed by atoms with Crippen LogP contribution in [0.15, 0.2) is 12.1 Å². The number of Topliss-reactive ketones (excluding diaryl/α,β-unsaturated/α-hetero) is 1. The standard InChI is InChI=1S/C9H6F3IO2/c1-4(14)7-5(10)2-3-6(13)8(7)15-9(11)12/h2-3,9H,1H3. The van der Waals surface area contributed by atoms with Crippen molar-refractivity contribution in [2.45, 2.75) is 13.5 Å². The molecule has 0 spiro atoms. The molecule has 0 N–H and O–H groups in total. The van der Waals surface area contributed by atoms with E-state index in [0.29, 0.717) is 0 Å². The Morgan fingerprint density at radius 3 is 2.53 bits per heavy atom. The van der Waals surface area contributed by atoms with Gasteiger partial charge in [-0.25, -0.2) is 4.39 Å². The maximum Gasteiger partial charge on any atom is 0.387 e. The third kappa shape index (κ3) is 2.83. The van der Waals surface area contributed by atoms with Gasteiger partial charge < -0.3 is 4.74 Å². The Balaban J connectivity index is 3.31. The molecular formula is C9H6F3IO2. The monoisotopic (exact) mass is 330 g/mol. The molecule has 0 fully saturated rings. The predicted octanol–water partition coefficient (Wildman–Crippen LogP) is 3.23. The molecule has 0 atom stereocenters. The van der Waals surface area contributed by atoms with Gasteiger partial charge in [0.15, 0.2) is 11.5 Å². The summed E-state index contributed by atoms with van der Waals surface area (Å²) in [5.41, 5.74) is -0.442. The Morgan fingerprint density at radius 1 is 1.47 bits per heavy atom. The van der Waals surface area contributed by atoms with E-state index in [2.05, 4.69) is 4.74 Å². The van der Waals surface area contributed by atoms with Gasteiger partial charge in [0.05, 0.1) is 9.13 Å². The van der Waals surface area contributed by atoms with Crippen molar-refractivity contribution in [1.82, 2.24) is 0 Å². The molecule has 82 valence electrons. The number of ketones is 1. The van der Waals surface area contributed by atoms with Crippen molar-refractivity contribution in [3.8, 4) is 5.75 Å². The first kappa shape index (κ1) is 12.3. The lowest BCUT2D eigenvalue weighted by molar-refractivity contribution is -0.0508. The Hall–Kier alpha value is -0.790. The van der Waals surface area contributed by atoms with Gasteiger partial charge in [0.2, 0.25) is 0 Å². The molecule has 0 bridgehead atoms. The maximum atomic E-state index is 13.2. The molecular weight excluding hydrogens is 324 g/mol. The van der Waals surface area contributed by atoms with E-state index in [1.165, 1.54) is 6.07 Å². The van der Waals surface area contributed by atoms with Gasteiger partial charge >= 0.3 is 6.61 Å². The highest BCUT2D eigenvalue weighted by Gasteiger charge is 2.20. The minimum Gasteiger partial charge on any atom is -0.433 e. The molecule has 0 aliphatic heterocycles. The van der Waals surface area contributed by atoms with Crippen LogP contribution in [0.2, 0.25) is 0 Å². The van der Waals surface area contributed by atoms with Crippen LogP contribution in [-0.2, 0) is 0 Å². The van der Waals surface area contributed by atoms with Crippen LogP contribution in [-0.4, -0.2) is 12.4 Å². The number of carbonyl (C=O) groups is 1. The van der Waals surface area contributed by atoms with Crippen molar-refractivity contribution in [3.63, 3.8) is 0 Å². The summed E-state index contributed by atoms with van der Waals surface area (Å²) in [6.45, 7) is -1.99. The lowest BCUT2D eigenvalue weighted by Gasteiger charge is -2.11.